The molecular formula is C16H13ClF4N2O3S. The molecule has 1 amide bonds. The van der Waals surface area contributed by atoms with Crippen molar-refractivity contribution >= 4 is 33.2 Å². The Morgan fingerprint density at radius 3 is 2.26 bits per heavy atom. The van der Waals surface area contributed by atoms with Gasteiger partial charge in [0.2, 0.25) is 15.9 Å². The first-order chi connectivity index (χ1) is 12.4. The summed E-state index contributed by atoms with van der Waals surface area (Å²) >= 11 is 5.49. The Kier molecular flexibility index (Phi) is 6.13. The molecule has 0 bridgehead atoms. The molecule has 1 unspecified atom stereocenters. The van der Waals surface area contributed by atoms with Gasteiger partial charge in [-0.05, 0) is 49.4 Å². The van der Waals surface area contributed by atoms with Crippen molar-refractivity contribution in [2.75, 3.05) is 5.32 Å². The predicted octanol–water partition coefficient (Wildman–Crippen LogP) is 3.80. The number of hydrogen-bond donors (Lipinski definition) is 2. The van der Waals surface area contributed by atoms with E-state index in [2.05, 4.69) is 10.0 Å². The minimum atomic E-state index is -4.71. The zero-order valence-corrected chi connectivity index (χ0v) is 15.2. The van der Waals surface area contributed by atoms with E-state index in [9.17, 15) is 30.8 Å². The van der Waals surface area contributed by atoms with Crippen molar-refractivity contribution in [1.82, 2.24) is 4.72 Å². The smallest absolute Gasteiger partial charge is 0.325 e. The van der Waals surface area contributed by atoms with Crippen LogP contribution in [0.1, 0.15) is 12.5 Å². The average molecular weight is 425 g/mol. The summed E-state index contributed by atoms with van der Waals surface area (Å²) in [6, 6.07) is 5.34. The first-order valence-corrected chi connectivity index (χ1v) is 9.22. The first kappa shape index (κ1) is 21.1. The summed E-state index contributed by atoms with van der Waals surface area (Å²) in [6.07, 6.45) is -4.71. The second-order valence-corrected chi connectivity index (χ2v) is 7.60. The van der Waals surface area contributed by atoms with Crippen molar-refractivity contribution in [3.63, 3.8) is 0 Å². The summed E-state index contributed by atoms with van der Waals surface area (Å²) in [6.45, 7) is 1.21. The van der Waals surface area contributed by atoms with Crippen LogP contribution in [0.2, 0.25) is 5.02 Å². The molecular weight excluding hydrogens is 412 g/mol. The second-order valence-electron chi connectivity index (χ2n) is 5.48. The van der Waals surface area contributed by atoms with Crippen LogP contribution in [0.3, 0.4) is 0 Å². The molecule has 11 heteroatoms. The first-order valence-electron chi connectivity index (χ1n) is 7.35. The Morgan fingerprint density at radius 1 is 1.11 bits per heavy atom. The summed E-state index contributed by atoms with van der Waals surface area (Å²) in [4.78, 5) is 11.8. The van der Waals surface area contributed by atoms with E-state index in [1.807, 2.05) is 0 Å². The molecule has 2 rings (SSSR count). The van der Waals surface area contributed by atoms with Crippen molar-refractivity contribution in [2.45, 2.75) is 24.0 Å². The number of alkyl halides is 3. The van der Waals surface area contributed by atoms with E-state index >= 15 is 0 Å². The molecule has 2 aromatic rings. The maximum absolute atomic E-state index is 12.9. The van der Waals surface area contributed by atoms with Crippen LogP contribution in [-0.2, 0) is 21.0 Å². The summed E-state index contributed by atoms with van der Waals surface area (Å²) in [7, 11) is -4.13. The normalized spacial score (nSPS) is 13.3. The van der Waals surface area contributed by atoms with Gasteiger partial charge in [-0.2, -0.15) is 17.9 Å². The van der Waals surface area contributed by atoms with Crippen LogP contribution in [0.25, 0.3) is 0 Å². The minimum absolute atomic E-state index is 0.204. The molecule has 0 aromatic heterocycles. The van der Waals surface area contributed by atoms with Gasteiger partial charge in [-0.25, -0.2) is 12.8 Å². The van der Waals surface area contributed by atoms with Crippen LogP contribution in [0.5, 0.6) is 0 Å². The number of amides is 1. The SMILES string of the molecule is CC(NS(=O)(=O)c1ccc(F)cc1)C(=O)Nc1ccc(Cl)c(C(F)(F)F)c1. The van der Waals surface area contributed by atoms with E-state index < -0.39 is 44.6 Å². The fourth-order valence-electron chi connectivity index (χ4n) is 2.04. The van der Waals surface area contributed by atoms with E-state index in [4.69, 9.17) is 11.6 Å². The third-order valence-corrected chi connectivity index (χ3v) is 5.27. The monoisotopic (exact) mass is 424 g/mol. The van der Waals surface area contributed by atoms with Crippen LogP contribution in [-0.4, -0.2) is 20.4 Å². The highest BCUT2D eigenvalue weighted by atomic mass is 35.5. The number of carbonyl (C=O) groups excluding carboxylic acids is 1. The zero-order chi connectivity index (χ0) is 20.4. The Morgan fingerprint density at radius 2 is 1.70 bits per heavy atom. The molecule has 0 aliphatic rings. The van der Waals surface area contributed by atoms with Gasteiger partial charge in [-0.3, -0.25) is 4.79 Å². The molecule has 27 heavy (non-hydrogen) atoms. The number of rotatable bonds is 5. The van der Waals surface area contributed by atoms with Crippen LogP contribution >= 0.6 is 11.6 Å². The Balaban J connectivity index is 2.13. The van der Waals surface area contributed by atoms with Crippen LogP contribution in [0.4, 0.5) is 23.2 Å². The molecule has 2 aromatic carbocycles. The van der Waals surface area contributed by atoms with Crippen LogP contribution in [0, 0.1) is 5.82 Å². The largest absolute Gasteiger partial charge is 0.417 e. The van der Waals surface area contributed by atoms with Gasteiger partial charge in [0, 0.05) is 5.69 Å². The van der Waals surface area contributed by atoms with Gasteiger partial charge in [0.15, 0.2) is 0 Å². The number of carbonyl (C=O) groups is 1. The zero-order valence-electron chi connectivity index (χ0n) is 13.6. The minimum Gasteiger partial charge on any atom is -0.325 e. The molecule has 5 nitrogen and oxygen atoms in total. The molecule has 1 atom stereocenters. The molecule has 0 saturated carbocycles. The van der Waals surface area contributed by atoms with Gasteiger partial charge >= 0.3 is 6.18 Å². The van der Waals surface area contributed by atoms with E-state index in [-0.39, 0.29) is 10.6 Å². The van der Waals surface area contributed by atoms with Crippen molar-refractivity contribution in [3.05, 3.63) is 58.9 Å². The van der Waals surface area contributed by atoms with Gasteiger partial charge in [0.1, 0.15) is 5.82 Å². The second kappa shape index (κ2) is 7.83. The molecule has 0 spiro atoms. The molecule has 0 fully saturated rings. The maximum atomic E-state index is 12.9. The average Bonchev–Trinajstić information content (AvgIpc) is 2.55. The highest BCUT2D eigenvalue weighted by molar-refractivity contribution is 7.89. The highest BCUT2D eigenvalue weighted by Crippen LogP contribution is 2.36. The standard InChI is InChI=1S/C16H13ClF4N2O3S/c1-9(23-27(25,26)12-5-2-10(18)3-6-12)15(24)22-11-4-7-14(17)13(8-11)16(19,20)21/h2-9,23H,1H3,(H,22,24). The maximum Gasteiger partial charge on any atom is 0.417 e. The Labute approximate surface area is 157 Å². The molecule has 146 valence electrons. The van der Waals surface area contributed by atoms with Crippen molar-refractivity contribution in [3.8, 4) is 0 Å². The van der Waals surface area contributed by atoms with E-state index in [0.717, 1.165) is 36.4 Å². The van der Waals surface area contributed by atoms with Crippen molar-refractivity contribution in [1.29, 1.82) is 0 Å². The number of hydrogen-bond acceptors (Lipinski definition) is 3. The molecule has 0 heterocycles. The molecule has 0 aliphatic carbocycles. The number of halogens is 5. The third kappa shape index (κ3) is 5.41. The van der Waals surface area contributed by atoms with E-state index in [1.165, 1.54) is 6.92 Å². The lowest BCUT2D eigenvalue weighted by Gasteiger charge is -2.16. The van der Waals surface area contributed by atoms with Crippen molar-refractivity contribution < 1.29 is 30.8 Å². The van der Waals surface area contributed by atoms with E-state index in [1.54, 1.807) is 0 Å². The Hall–Kier alpha value is -2.17. The molecule has 0 saturated heterocycles. The summed E-state index contributed by atoms with van der Waals surface area (Å²) in [5.41, 5.74) is -1.34. The van der Waals surface area contributed by atoms with Gasteiger partial charge in [-0.15, -0.1) is 0 Å². The lowest BCUT2D eigenvalue weighted by molar-refractivity contribution is -0.137. The quantitative estimate of drug-likeness (QED) is 0.717. The lowest BCUT2D eigenvalue weighted by Crippen LogP contribution is -2.41. The van der Waals surface area contributed by atoms with Gasteiger partial charge in [0.25, 0.3) is 0 Å². The third-order valence-electron chi connectivity index (χ3n) is 3.39. The number of anilines is 1. The fraction of sp³-hybridized carbons (Fsp3) is 0.188. The topological polar surface area (TPSA) is 75.3 Å². The number of nitrogens with one attached hydrogen (secondary N) is 2. The molecule has 0 radical (unpaired) electrons. The fourth-order valence-corrected chi connectivity index (χ4v) is 3.47. The van der Waals surface area contributed by atoms with Gasteiger partial charge in [0.05, 0.1) is 21.5 Å². The molecule has 2 N–H and O–H groups in total. The van der Waals surface area contributed by atoms with E-state index in [0.29, 0.717) is 6.07 Å². The van der Waals surface area contributed by atoms with Crippen LogP contribution in [0.15, 0.2) is 47.4 Å². The highest BCUT2D eigenvalue weighted by Gasteiger charge is 2.33. The van der Waals surface area contributed by atoms with Crippen LogP contribution < -0.4 is 10.0 Å². The Bertz CT molecular complexity index is 947. The summed E-state index contributed by atoms with van der Waals surface area (Å²) < 4.78 is 77.8. The van der Waals surface area contributed by atoms with Crippen molar-refractivity contribution in [2.24, 2.45) is 0 Å². The number of benzene rings is 2. The summed E-state index contributed by atoms with van der Waals surface area (Å²) in [5.74, 6) is -1.53. The predicted molar refractivity (Wildman–Crippen MR) is 91.3 cm³/mol. The number of sulfonamides is 1. The summed E-state index contributed by atoms with van der Waals surface area (Å²) in [5, 5.41) is 1.64. The lowest BCUT2D eigenvalue weighted by atomic mass is 10.2. The van der Waals surface area contributed by atoms with Gasteiger partial charge < -0.3 is 5.32 Å². The molecule has 0 aliphatic heterocycles. The van der Waals surface area contributed by atoms with Gasteiger partial charge in [-0.1, -0.05) is 11.6 Å².